The van der Waals surface area contributed by atoms with Crippen LogP contribution in [0.5, 0.6) is 5.75 Å². The summed E-state index contributed by atoms with van der Waals surface area (Å²) in [5.41, 5.74) is 5.78. The normalized spacial score (nSPS) is 10.2. The minimum absolute atomic E-state index is 0.0728. The van der Waals surface area contributed by atoms with Gasteiger partial charge in [-0.2, -0.15) is 0 Å². The summed E-state index contributed by atoms with van der Waals surface area (Å²) in [6, 6.07) is 4.58. The number of ether oxygens (including phenoxy) is 1. The molecule has 0 radical (unpaired) electrons. The molecule has 0 aromatic heterocycles. The molecule has 3 nitrogen and oxygen atoms in total. The van der Waals surface area contributed by atoms with Crippen molar-refractivity contribution in [1.82, 2.24) is 0 Å². The lowest BCUT2D eigenvalue weighted by molar-refractivity contribution is 0.233. The summed E-state index contributed by atoms with van der Waals surface area (Å²) in [7, 11) is 0. The van der Waals surface area contributed by atoms with Crippen LogP contribution in [0.1, 0.15) is 12.0 Å². The first-order valence-electron chi connectivity index (χ1n) is 4.50. The highest BCUT2D eigenvalue weighted by Crippen LogP contribution is 2.16. The summed E-state index contributed by atoms with van der Waals surface area (Å²) in [4.78, 5) is 0. The van der Waals surface area contributed by atoms with Crippen LogP contribution in [0.15, 0.2) is 18.2 Å². The Morgan fingerprint density at radius 3 is 2.79 bits per heavy atom. The fourth-order valence-corrected chi connectivity index (χ4v) is 1.04. The Labute approximate surface area is 82.3 Å². The van der Waals surface area contributed by atoms with Gasteiger partial charge in [0.25, 0.3) is 0 Å². The van der Waals surface area contributed by atoms with Crippen molar-refractivity contribution in [2.24, 2.45) is 5.73 Å². The lowest BCUT2D eigenvalue weighted by atomic mass is 10.2. The van der Waals surface area contributed by atoms with Gasteiger partial charge >= 0.3 is 0 Å². The van der Waals surface area contributed by atoms with E-state index in [1.54, 1.807) is 12.1 Å². The molecule has 1 aromatic rings. The van der Waals surface area contributed by atoms with Crippen LogP contribution in [-0.4, -0.2) is 18.3 Å². The van der Waals surface area contributed by atoms with Gasteiger partial charge in [0, 0.05) is 31.2 Å². The van der Waals surface area contributed by atoms with Crippen LogP contribution in [0.3, 0.4) is 0 Å². The van der Waals surface area contributed by atoms with Gasteiger partial charge in [0.1, 0.15) is 11.6 Å². The summed E-state index contributed by atoms with van der Waals surface area (Å²) in [5, 5.41) is 8.51. The van der Waals surface area contributed by atoms with E-state index in [0.717, 1.165) is 0 Å². The van der Waals surface area contributed by atoms with Crippen molar-refractivity contribution in [2.75, 3.05) is 13.2 Å². The molecule has 0 aliphatic heterocycles. The lowest BCUT2D eigenvalue weighted by Gasteiger charge is -2.06. The van der Waals surface area contributed by atoms with E-state index >= 15 is 0 Å². The summed E-state index contributed by atoms with van der Waals surface area (Å²) in [5.74, 6) is 0.113. The van der Waals surface area contributed by atoms with Crippen molar-refractivity contribution >= 4 is 0 Å². The smallest absolute Gasteiger partial charge is 0.131 e. The third-order valence-corrected chi connectivity index (χ3v) is 1.82. The third kappa shape index (κ3) is 2.97. The van der Waals surface area contributed by atoms with Crippen molar-refractivity contribution in [1.29, 1.82) is 0 Å². The van der Waals surface area contributed by atoms with Crippen LogP contribution in [0.2, 0.25) is 0 Å². The highest BCUT2D eigenvalue weighted by atomic mass is 19.1. The van der Waals surface area contributed by atoms with Crippen molar-refractivity contribution in [3.05, 3.63) is 29.6 Å². The second-order valence-electron chi connectivity index (χ2n) is 2.88. The lowest BCUT2D eigenvalue weighted by Crippen LogP contribution is -2.02. The molecule has 0 bridgehead atoms. The molecule has 0 spiro atoms. The number of aliphatic hydroxyl groups excluding tert-OH is 1. The Morgan fingerprint density at radius 2 is 2.21 bits per heavy atom. The van der Waals surface area contributed by atoms with E-state index in [9.17, 15) is 4.39 Å². The largest absolute Gasteiger partial charge is 0.493 e. The van der Waals surface area contributed by atoms with Crippen LogP contribution < -0.4 is 10.5 Å². The summed E-state index contributed by atoms with van der Waals surface area (Å²) >= 11 is 0. The SMILES string of the molecule is NCc1ccc(OCCCO)cc1F. The fourth-order valence-electron chi connectivity index (χ4n) is 1.04. The maximum atomic E-state index is 13.2. The number of halogens is 1. The Morgan fingerprint density at radius 1 is 1.43 bits per heavy atom. The van der Waals surface area contributed by atoms with Gasteiger partial charge in [0.15, 0.2) is 0 Å². The molecule has 1 rings (SSSR count). The molecular formula is C10H14FNO2. The molecule has 4 heteroatoms. The van der Waals surface area contributed by atoms with Crippen LogP contribution >= 0.6 is 0 Å². The van der Waals surface area contributed by atoms with Crippen molar-refractivity contribution in [3.8, 4) is 5.75 Å². The zero-order chi connectivity index (χ0) is 10.4. The zero-order valence-electron chi connectivity index (χ0n) is 7.87. The van der Waals surface area contributed by atoms with Gasteiger partial charge in [0.2, 0.25) is 0 Å². The van der Waals surface area contributed by atoms with Gasteiger partial charge in [-0.15, -0.1) is 0 Å². The average Bonchev–Trinajstić information content (AvgIpc) is 2.18. The maximum Gasteiger partial charge on any atom is 0.131 e. The van der Waals surface area contributed by atoms with Gasteiger partial charge in [-0.25, -0.2) is 4.39 Å². The maximum absolute atomic E-state index is 13.2. The van der Waals surface area contributed by atoms with Gasteiger partial charge in [-0.1, -0.05) is 6.07 Å². The quantitative estimate of drug-likeness (QED) is 0.697. The van der Waals surface area contributed by atoms with E-state index in [4.69, 9.17) is 15.6 Å². The average molecular weight is 199 g/mol. The molecule has 14 heavy (non-hydrogen) atoms. The molecule has 0 heterocycles. The fraction of sp³-hybridized carbons (Fsp3) is 0.400. The van der Waals surface area contributed by atoms with Gasteiger partial charge in [-0.05, 0) is 6.07 Å². The van der Waals surface area contributed by atoms with Crippen LogP contribution in [-0.2, 0) is 6.54 Å². The van der Waals surface area contributed by atoms with E-state index in [-0.39, 0.29) is 19.0 Å². The Kier molecular flexibility index (Phi) is 4.35. The highest BCUT2D eigenvalue weighted by molar-refractivity contribution is 5.28. The molecule has 78 valence electrons. The molecule has 0 fully saturated rings. The Hall–Kier alpha value is -1.13. The minimum atomic E-state index is -0.353. The first-order chi connectivity index (χ1) is 6.77. The second-order valence-corrected chi connectivity index (χ2v) is 2.88. The second kappa shape index (κ2) is 5.57. The molecule has 0 saturated heterocycles. The number of rotatable bonds is 5. The molecule has 0 saturated carbocycles. The number of hydrogen-bond acceptors (Lipinski definition) is 3. The van der Waals surface area contributed by atoms with E-state index in [2.05, 4.69) is 0 Å². The molecule has 0 unspecified atom stereocenters. The molecule has 0 amide bonds. The van der Waals surface area contributed by atoms with Crippen molar-refractivity contribution < 1.29 is 14.2 Å². The van der Waals surface area contributed by atoms with Gasteiger partial charge < -0.3 is 15.6 Å². The standard InChI is InChI=1S/C10H14FNO2/c11-10-6-9(14-5-1-4-13)3-2-8(10)7-12/h2-3,6,13H,1,4-5,7,12H2. The molecule has 3 N–H and O–H groups in total. The molecular weight excluding hydrogens is 185 g/mol. The summed E-state index contributed by atoms with van der Waals surface area (Å²) in [6.07, 6.45) is 0.542. The van der Waals surface area contributed by atoms with Crippen LogP contribution in [0, 0.1) is 5.82 Å². The first-order valence-corrected chi connectivity index (χ1v) is 4.50. The summed E-state index contributed by atoms with van der Waals surface area (Å²) in [6.45, 7) is 0.643. The van der Waals surface area contributed by atoms with E-state index in [1.807, 2.05) is 0 Å². The minimum Gasteiger partial charge on any atom is -0.493 e. The number of nitrogens with two attached hydrogens (primary N) is 1. The number of aliphatic hydroxyl groups is 1. The molecule has 1 aromatic carbocycles. The number of hydrogen-bond donors (Lipinski definition) is 2. The van der Waals surface area contributed by atoms with E-state index in [1.165, 1.54) is 6.07 Å². The Bertz CT molecular complexity index is 291. The van der Waals surface area contributed by atoms with Gasteiger partial charge in [0.05, 0.1) is 6.61 Å². The van der Waals surface area contributed by atoms with Crippen LogP contribution in [0.4, 0.5) is 4.39 Å². The van der Waals surface area contributed by atoms with Crippen LogP contribution in [0.25, 0.3) is 0 Å². The van der Waals surface area contributed by atoms with Gasteiger partial charge in [-0.3, -0.25) is 0 Å². The highest BCUT2D eigenvalue weighted by Gasteiger charge is 2.02. The van der Waals surface area contributed by atoms with Crippen molar-refractivity contribution in [3.63, 3.8) is 0 Å². The molecule has 0 aliphatic carbocycles. The topological polar surface area (TPSA) is 55.5 Å². The van der Waals surface area contributed by atoms with Crippen molar-refractivity contribution in [2.45, 2.75) is 13.0 Å². The first kappa shape index (κ1) is 10.9. The number of benzene rings is 1. The summed E-state index contributed by atoms with van der Waals surface area (Å²) < 4.78 is 18.3. The predicted molar refractivity (Wildman–Crippen MR) is 51.5 cm³/mol. The molecule has 0 atom stereocenters. The zero-order valence-corrected chi connectivity index (χ0v) is 7.87. The molecule has 0 aliphatic rings. The monoisotopic (exact) mass is 199 g/mol. The third-order valence-electron chi connectivity index (χ3n) is 1.82. The van der Waals surface area contributed by atoms with E-state index < -0.39 is 0 Å². The van der Waals surface area contributed by atoms with E-state index in [0.29, 0.717) is 24.3 Å². The predicted octanol–water partition coefficient (Wildman–Crippen LogP) is 1.05. The Balaban J connectivity index is 2.57.